The van der Waals surface area contributed by atoms with Crippen LogP contribution in [0.25, 0.3) is 0 Å². The Morgan fingerprint density at radius 1 is 1.11 bits per heavy atom. The van der Waals surface area contributed by atoms with Crippen LogP contribution in [0.2, 0.25) is 0 Å². The van der Waals surface area contributed by atoms with E-state index in [4.69, 9.17) is 4.52 Å². The summed E-state index contributed by atoms with van der Waals surface area (Å²) in [5.74, 6) is 1.53. The molecule has 2 aromatic rings. The Bertz CT molecular complexity index is 851. The lowest BCUT2D eigenvalue weighted by Gasteiger charge is -2.12. The van der Waals surface area contributed by atoms with Crippen LogP contribution in [-0.2, 0) is 36.0 Å². The van der Waals surface area contributed by atoms with Crippen LogP contribution in [0.1, 0.15) is 36.4 Å². The van der Waals surface area contributed by atoms with Gasteiger partial charge in [-0.05, 0) is 31.2 Å². The smallest absolute Gasteiger partial charge is 0.240 e. The molecule has 0 aliphatic rings. The van der Waals surface area contributed by atoms with Crippen molar-refractivity contribution in [3.8, 4) is 0 Å². The molecule has 1 aromatic heterocycles. The maximum atomic E-state index is 11.8. The SMILES string of the molecule is CCc1noc(CC)c1CNC(=NC)NCc1ccc(S(=O)(=O)NC)cc1. The maximum Gasteiger partial charge on any atom is 0.240 e. The minimum absolute atomic E-state index is 0.239. The second-order valence-corrected chi connectivity index (χ2v) is 7.76. The monoisotopic (exact) mass is 393 g/mol. The zero-order chi connectivity index (χ0) is 19.9. The lowest BCUT2D eigenvalue weighted by atomic mass is 10.1. The summed E-state index contributed by atoms with van der Waals surface area (Å²) >= 11 is 0. The number of nitrogens with zero attached hydrogens (tertiary/aromatic N) is 2. The lowest BCUT2D eigenvalue weighted by Crippen LogP contribution is -2.36. The Hall–Kier alpha value is -2.39. The molecule has 0 aliphatic carbocycles. The molecular formula is C18H27N5O3S. The molecule has 3 N–H and O–H groups in total. The molecular weight excluding hydrogens is 366 g/mol. The minimum atomic E-state index is -3.42. The second kappa shape index (κ2) is 9.52. The van der Waals surface area contributed by atoms with Gasteiger partial charge >= 0.3 is 0 Å². The molecule has 0 saturated heterocycles. The van der Waals surface area contributed by atoms with E-state index in [2.05, 4.69) is 25.5 Å². The van der Waals surface area contributed by atoms with Crippen LogP contribution in [0.15, 0.2) is 38.7 Å². The molecule has 0 atom stereocenters. The van der Waals surface area contributed by atoms with Crippen LogP contribution in [0.4, 0.5) is 0 Å². The van der Waals surface area contributed by atoms with E-state index < -0.39 is 10.0 Å². The number of aryl methyl sites for hydroxylation is 2. The zero-order valence-corrected chi connectivity index (χ0v) is 17.0. The Labute approximate surface area is 160 Å². The first-order valence-corrected chi connectivity index (χ1v) is 10.4. The zero-order valence-electron chi connectivity index (χ0n) is 16.2. The summed E-state index contributed by atoms with van der Waals surface area (Å²) in [7, 11) is -0.325. The first kappa shape index (κ1) is 20.9. The van der Waals surface area contributed by atoms with Gasteiger partial charge < -0.3 is 15.2 Å². The molecule has 1 heterocycles. The molecule has 2 rings (SSSR count). The fourth-order valence-electron chi connectivity index (χ4n) is 2.62. The van der Waals surface area contributed by atoms with Gasteiger partial charge in [-0.3, -0.25) is 4.99 Å². The van der Waals surface area contributed by atoms with Gasteiger partial charge in [-0.15, -0.1) is 0 Å². The number of aliphatic imine (C=N–C) groups is 1. The maximum absolute atomic E-state index is 11.8. The highest BCUT2D eigenvalue weighted by atomic mass is 32.2. The van der Waals surface area contributed by atoms with Crippen molar-refractivity contribution in [3.05, 3.63) is 46.8 Å². The third-order valence-electron chi connectivity index (χ3n) is 4.23. The van der Waals surface area contributed by atoms with Gasteiger partial charge in [-0.1, -0.05) is 31.1 Å². The predicted molar refractivity (Wildman–Crippen MR) is 105 cm³/mol. The molecule has 1 aromatic carbocycles. The summed E-state index contributed by atoms with van der Waals surface area (Å²) in [6.45, 7) is 5.18. The van der Waals surface area contributed by atoms with Crippen LogP contribution in [0.3, 0.4) is 0 Å². The number of nitrogens with one attached hydrogen (secondary N) is 3. The van der Waals surface area contributed by atoms with E-state index in [1.165, 1.54) is 7.05 Å². The quantitative estimate of drug-likeness (QED) is 0.464. The molecule has 0 saturated carbocycles. The Morgan fingerprint density at radius 3 is 2.33 bits per heavy atom. The molecule has 0 spiro atoms. The first-order valence-electron chi connectivity index (χ1n) is 8.88. The van der Waals surface area contributed by atoms with Crippen molar-refractivity contribution in [1.29, 1.82) is 0 Å². The molecule has 0 unspecified atom stereocenters. The van der Waals surface area contributed by atoms with Crippen molar-refractivity contribution >= 4 is 16.0 Å². The minimum Gasteiger partial charge on any atom is -0.361 e. The topological polar surface area (TPSA) is 109 Å². The predicted octanol–water partition coefficient (Wildman–Crippen LogP) is 1.57. The van der Waals surface area contributed by atoms with Crippen molar-refractivity contribution in [2.75, 3.05) is 14.1 Å². The number of guanidine groups is 1. The van der Waals surface area contributed by atoms with E-state index in [1.54, 1.807) is 31.3 Å². The van der Waals surface area contributed by atoms with E-state index in [0.29, 0.717) is 19.0 Å². The molecule has 0 fully saturated rings. The van der Waals surface area contributed by atoms with Crippen molar-refractivity contribution in [1.82, 2.24) is 20.5 Å². The average molecular weight is 394 g/mol. The second-order valence-electron chi connectivity index (χ2n) is 5.87. The van der Waals surface area contributed by atoms with Crippen molar-refractivity contribution in [2.24, 2.45) is 4.99 Å². The van der Waals surface area contributed by atoms with Crippen molar-refractivity contribution in [2.45, 2.75) is 44.7 Å². The van der Waals surface area contributed by atoms with Gasteiger partial charge in [0.25, 0.3) is 0 Å². The molecule has 0 aliphatic heterocycles. The van der Waals surface area contributed by atoms with Gasteiger partial charge in [0.05, 0.1) is 10.6 Å². The average Bonchev–Trinajstić information content (AvgIpc) is 3.10. The number of hydrogen-bond donors (Lipinski definition) is 3. The normalized spacial score (nSPS) is 12.2. The number of hydrogen-bond acceptors (Lipinski definition) is 5. The molecule has 9 heteroatoms. The Kier molecular flexibility index (Phi) is 7.37. The highest BCUT2D eigenvalue weighted by Gasteiger charge is 2.14. The molecule has 8 nitrogen and oxygen atoms in total. The highest BCUT2D eigenvalue weighted by Crippen LogP contribution is 2.15. The van der Waals surface area contributed by atoms with Gasteiger partial charge in [-0.2, -0.15) is 0 Å². The van der Waals surface area contributed by atoms with Gasteiger partial charge in [0, 0.05) is 32.1 Å². The van der Waals surface area contributed by atoms with E-state index in [0.717, 1.165) is 35.4 Å². The Morgan fingerprint density at radius 2 is 1.78 bits per heavy atom. The van der Waals surface area contributed by atoms with E-state index >= 15 is 0 Å². The van der Waals surface area contributed by atoms with Gasteiger partial charge in [-0.25, -0.2) is 13.1 Å². The summed E-state index contributed by atoms with van der Waals surface area (Å²) in [5, 5.41) is 10.6. The Balaban J connectivity index is 1.96. The standard InChI is InChI=1S/C18H27N5O3S/c1-5-16-15(17(6-2)26-23-16)12-22-18(19-3)21-11-13-7-9-14(10-8-13)27(24,25)20-4/h7-10,20H,5-6,11-12H2,1-4H3,(H2,19,21,22). The van der Waals surface area contributed by atoms with Crippen LogP contribution >= 0.6 is 0 Å². The summed E-state index contributed by atoms with van der Waals surface area (Å²) in [6, 6.07) is 6.71. The molecule has 0 radical (unpaired) electrons. The number of aromatic nitrogens is 1. The van der Waals surface area contributed by atoms with Crippen LogP contribution < -0.4 is 15.4 Å². The summed E-state index contributed by atoms with van der Waals surface area (Å²) in [5.41, 5.74) is 2.97. The third-order valence-corrected chi connectivity index (χ3v) is 5.66. The van der Waals surface area contributed by atoms with Crippen molar-refractivity contribution in [3.63, 3.8) is 0 Å². The first-order chi connectivity index (χ1) is 12.9. The lowest BCUT2D eigenvalue weighted by molar-refractivity contribution is 0.380. The highest BCUT2D eigenvalue weighted by molar-refractivity contribution is 7.89. The van der Waals surface area contributed by atoms with E-state index in [-0.39, 0.29) is 4.90 Å². The fraction of sp³-hybridized carbons (Fsp3) is 0.444. The number of sulfonamides is 1. The molecule has 0 bridgehead atoms. The van der Waals surface area contributed by atoms with Gasteiger partial charge in [0.15, 0.2) is 5.96 Å². The fourth-order valence-corrected chi connectivity index (χ4v) is 3.35. The summed E-state index contributed by atoms with van der Waals surface area (Å²) in [6.07, 6.45) is 1.60. The number of rotatable bonds is 8. The van der Waals surface area contributed by atoms with Crippen LogP contribution in [0, 0.1) is 0 Å². The largest absolute Gasteiger partial charge is 0.361 e. The summed E-state index contributed by atoms with van der Waals surface area (Å²) in [4.78, 5) is 4.46. The molecule has 148 valence electrons. The molecule has 27 heavy (non-hydrogen) atoms. The van der Waals surface area contributed by atoms with Crippen molar-refractivity contribution < 1.29 is 12.9 Å². The van der Waals surface area contributed by atoms with E-state index in [1.807, 2.05) is 13.8 Å². The third kappa shape index (κ3) is 5.30. The van der Waals surface area contributed by atoms with E-state index in [9.17, 15) is 8.42 Å². The van der Waals surface area contributed by atoms with Gasteiger partial charge in [0.2, 0.25) is 10.0 Å². The molecule has 0 amide bonds. The van der Waals surface area contributed by atoms with Crippen LogP contribution in [0.5, 0.6) is 0 Å². The van der Waals surface area contributed by atoms with Crippen LogP contribution in [-0.4, -0.2) is 33.6 Å². The number of benzene rings is 1. The summed E-state index contributed by atoms with van der Waals surface area (Å²) < 4.78 is 31.2. The van der Waals surface area contributed by atoms with Gasteiger partial charge in [0.1, 0.15) is 5.76 Å².